The highest BCUT2D eigenvalue weighted by Crippen LogP contribution is 2.24. The van der Waals surface area contributed by atoms with Crippen LogP contribution in [0.15, 0.2) is 11.1 Å². The van der Waals surface area contributed by atoms with Crippen LogP contribution in [0.2, 0.25) is 0 Å². The summed E-state index contributed by atoms with van der Waals surface area (Å²) in [6, 6.07) is 0. The topological polar surface area (TPSA) is 37.3 Å². The van der Waals surface area contributed by atoms with Crippen molar-refractivity contribution in [1.29, 1.82) is 0 Å². The predicted molar refractivity (Wildman–Crippen MR) is 37.3 cm³/mol. The molecule has 52 valence electrons. The van der Waals surface area contributed by atoms with Gasteiger partial charge in [-0.2, -0.15) is 0 Å². The molecule has 0 aromatic heterocycles. The van der Waals surface area contributed by atoms with E-state index in [-0.39, 0.29) is 0 Å². The first-order valence-electron chi connectivity index (χ1n) is 3.17. The summed E-state index contributed by atoms with van der Waals surface area (Å²) in [5.74, 6) is 1.54. The highest BCUT2D eigenvalue weighted by atomic mass is 16.4. The van der Waals surface area contributed by atoms with Gasteiger partial charge in [0, 0.05) is 11.1 Å². The van der Waals surface area contributed by atoms with Crippen LogP contribution < -0.4 is 0 Å². The number of allylic oxidation sites excluding steroid dienone is 1. The molecule has 2 heteroatoms. The van der Waals surface area contributed by atoms with Gasteiger partial charge in [0.15, 0.2) is 0 Å². The Hall–Kier alpha value is -1.23. The summed E-state index contributed by atoms with van der Waals surface area (Å²) in [7, 11) is 0. The van der Waals surface area contributed by atoms with Crippen LogP contribution in [0.3, 0.4) is 0 Å². The van der Waals surface area contributed by atoms with E-state index in [0.717, 1.165) is 12.8 Å². The van der Waals surface area contributed by atoms with Gasteiger partial charge in [0.1, 0.15) is 0 Å². The minimum atomic E-state index is -0.856. The Balaban J connectivity index is 2.91. The molecule has 0 amide bonds. The average molecular weight is 136 g/mol. The third kappa shape index (κ3) is 1.03. The molecule has 0 bridgehead atoms. The second-order valence-corrected chi connectivity index (χ2v) is 2.26. The first-order chi connectivity index (χ1) is 4.75. The SMILES string of the molecule is C#CC1=C(C(=O)O)CCC1. The van der Waals surface area contributed by atoms with Crippen LogP contribution in [0.5, 0.6) is 0 Å². The zero-order chi connectivity index (χ0) is 7.56. The summed E-state index contributed by atoms with van der Waals surface area (Å²) < 4.78 is 0. The Bertz CT molecular complexity index is 230. The standard InChI is InChI=1S/C8H8O2/c1-2-6-4-3-5-7(6)8(9)10/h1H,3-5H2,(H,9,10). The summed E-state index contributed by atoms with van der Waals surface area (Å²) >= 11 is 0. The molecule has 0 atom stereocenters. The molecule has 1 aliphatic carbocycles. The van der Waals surface area contributed by atoms with E-state index in [1.807, 2.05) is 0 Å². The molecule has 0 unspecified atom stereocenters. The lowest BCUT2D eigenvalue weighted by atomic mass is 10.2. The van der Waals surface area contributed by atoms with Crippen molar-refractivity contribution in [3.63, 3.8) is 0 Å². The van der Waals surface area contributed by atoms with Crippen molar-refractivity contribution in [1.82, 2.24) is 0 Å². The van der Waals surface area contributed by atoms with Crippen LogP contribution in [-0.4, -0.2) is 11.1 Å². The van der Waals surface area contributed by atoms with E-state index in [1.165, 1.54) is 0 Å². The normalized spacial score (nSPS) is 17.1. The monoisotopic (exact) mass is 136 g/mol. The van der Waals surface area contributed by atoms with E-state index in [4.69, 9.17) is 11.5 Å². The lowest BCUT2D eigenvalue weighted by Gasteiger charge is -1.91. The van der Waals surface area contributed by atoms with Crippen LogP contribution in [0.25, 0.3) is 0 Å². The van der Waals surface area contributed by atoms with Gasteiger partial charge in [0.25, 0.3) is 0 Å². The maximum Gasteiger partial charge on any atom is 0.332 e. The van der Waals surface area contributed by atoms with Crippen molar-refractivity contribution in [2.45, 2.75) is 19.3 Å². The third-order valence-electron chi connectivity index (χ3n) is 1.65. The molecule has 1 rings (SSSR count). The van der Waals surface area contributed by atoms with Gasteiger partial charge in [-0.3, -0.25) is 0 Å². The van der Waals surface area contributed by atoms with Gasteiger partial charge >= 0.3 is 5.97 Å². The number of terminal acetylenes is 1. The van der Waals surface area contributed by atoms with Gasteiger partial charge < -0.3 is 5.11 Å². The van der Waals surface area contributed by atoms with Crippen LogP contribution in [0, 0.1) is 12.3 Å². The average Bonchev–Trinajstić information content (AvgIpc) is 2.33. The Morgan fingerprint density at radius 2 is 2.30 bits per heavy atom. The first-order valence-corrected chi connectivity index (χ1v) is 3.17. The molecule has 0 fully saturated rings. The van der Waals surface area contributed by atoms with Crippen molar-refractivity contribution < 1.29 is 9.90 Å². The smallest absolute Gasteiger partial charge is 0.332 e. The first kappa shape index (κ1) is 6.88. The second-order valence-electron chi connectivity index (χ2n) is 2.26. The fourth-order valence-electron chi connectivity index (χ4n) is 1.14. The van der Waals surface area contributed by atoms with Crippen LogP contribution in [0.4, 0.5) is 0 Å². The molecule has 0 saturated carbocycles. The van der Waals surface area contributed by atoms with Gasteiger partial charge in [-0.15, -0.1) is 6.42 Å². The number of carbonyl (C=O) groups is 1. The molecule has 0 spiro atoms. The Kier molecular flexibility index (Phi) is 1.77. The molecule has 1 N–H and O–H groups in total. The van der Waals surface area contributed by atoms with E-state index >= 15 is 0 Å². The Morgan fingerprint density at radius 1 is 1.60 bits per heavy atom. The lowest BCUT2D eigenvalue weighted by molar-refractivity contribution is -0.132. The molecule has 0 saturated heterocycles. The van der Waals surface area contributed by atoms with Crippen molar-refractivity contribution in [3.05, 3.63) is 11.1 Å². The maximum absolute atomic E-state index is 10.4. The summed E-state index contributed by atoms with van der Waals surface area (Å²) in [6.45, 7) is 0. The Morgan fingerprint density at radius 3 is 2.70 bits per heavy atom. The highest BCUT2D eigenvalue weighted by Gasteiger charge is 2.17. The molecular formula is C8H8O2. The zero-order valence-corrected chi connectivity index (χ0v) is 5.55. The van der Waals surface area contributed by atoms with Crippen molar-refractivity contribution in [2.24, 2.45) is 0 Å². The minimum Gasteiger partial charge on any atom is -0.478 e. The van der Waals surface area contributed by atoms with Crippen molar-refractivity contribution >= 4 is 5.97 Å². The van der Waals surface area contributed by atoms with Crippen LogP contribution in [-0.2, 0) is 4.79 Å². The van der Waals surface area contributed by atoms with E-state index in [2.05, 4.69) is 5.92 Å². The number of carboxylic acids is 1. The van der Waals surface area contributed by atoms with E-state index < -0.39 is 5.97 Å². The number of aliphatic carboxylic acids is 1. The second kappa shape index (κ2) is 2.57. The summed E-state index contributed by atoms with van der Waals surface area (Å²) in [5.41, 5.74) is 1.11. The zero-order valence-electron chi connectivity index (χ0n) is 5.55. The summed E-state index contributed by atoms with van der Waals surface area (Å²) in [5, 5.41) is 8.56. The maximum atomic E-state index is 10.4. The largest absolute Gasteiger partial charge is 0.478 e. The van der Waals surface area contributed by atoms with E-state index in [0.29, 0.717) is 17.6 Å². The van der Waals surface area contributed by atoms with Crippen molar-refractivity contribution in [3.8, 4) is 12.3 Å². The van der Waals surface area contributed by atoms with Gasteiger partial charge in [-0.25, -0.2) is 4.79 Å². The lowest BCUT2D eigenvalue weighted by Crippen LogP contribution is -1.98. The fraction of sp³-hybridized carbons (Fsp3) is 0.375. The third-order valence-corrected chi connectivity index (χ3v) is 1.65. The van der Waals surface area contributed by atoms with Gasteiger partial charge in [0.05, 0.1) is 0 Å². The van der Waals surface area contributed by atoms with Crippen LogP contribution >= 0.6 is 0 Å². The van der Waals surface area contributed by atoms with Gasteiger partial charge in [-0.1, -0.05) is 5.92 Å². The molecule has 10 heavy (non-hydrogen) atoms. The summed E-state index contributed by atoms with van der Waals surface area (Å²) in [6.07, 6.45) is 7.38. The number of hydrogen-bond donors (Lipinski definition) is 1. The van der Waals surface area contributed by atoms with Crippen LogP contribution in [0.1, 0.15) is 19.3 Å². The highest BCUT2D eigenvalue weighted by molar-refractivity contribution is 5.89. The molecule has 0 aromatic carbocycles. The molecular weight excluding hydrogens is 128 g/mol. The quantitative estimate of drug-likeness (QED) is 0.549. The van der Waals surface area contributed by atoms with Gasteiger partial charge in [-0.05, 0) is 19.3 Å². The molecule has 1 aliphatic rings. The predicted octanol–water partition coefficient (Wildman–Crippen LogP) is 1.18. The minimum absolute atomic E-state index is 0.433. The molecule has 0 aromatic rings. The molecule has 0 radical (unpaired) electrons. The molecule has 0 aliphatic heterocycles. The fourth-order valence-corrected chi connectivity index (χ4v) is 1.14. The molecule has 2 nitrogen and oxygen atoms in total. The van der Waals surface area contributed by atoms with Crippen molar-refractivity contribution in [2.75, 3.05) is 0 Å². The number of hydrogen-bond acceptors (Lipinski definition) is 1. The number of carboxylic acid groups (broad SMARTS) is 1. The van der Waals surface area contributed by atoms with E-state index in [9.17, 15) is 4.79 Å². The summed E-state index contributed by atoms with van der Waals surface area (Å²) in [4.78, 5) is 10.4. The Labute approximate surface area is 59.6 Å². The number of rotatable bonds is 1. The van der Waals surface area contributed by atoms with E-state index in [1.54, 1.807) is 0 Å². The van der Waals surface area contributed by atoms with Gasteiger partial charge in [0.2, 0.25) is 0 Å². The molecule has 0 heterocycles.